The number of halogens is 6. The van der Waals surface area contributed by atoms with Crippen LogP contribution < -0.4 is 20.9 Å². The monoisotopic (exact) mass is 765 g/mol. The Kier molecular flexibility index (Phi) is 10.5. The Morgan fingerprint density at radius 2 is 1.78 bits per heavy atom. The van der Waals surface area contributed by atoms with E-state index in [2.05, 4.69) is 36.8 Å². The molecule has 3 atom stereocenters. The van der Waals surface area contributed by atoms with Gasteiger partial charge in [-0.3, -0.25) is 14.6 Å². The molecule has 2 aromatic heterocycles. The van der Waals surface area contributed by atoms with Crippen molar-refractivity contribution < 1.29 is 41.0 Å². The summed E-state index contributed by atoms with van der Waals surface area (Å²) in [4.78, 5) is 32.3. The summed E-state index contributed by atoms with van der Waals surface area (Å²) in [6, 6.07) is 6.83. The fraction of sp³-hybridized carbons (Fsp3) is 0.611. The van der Waals surface area contributed by atoms with E-state index in [-0.39, 0.29) is 12.2 Å². The van der Waals surface area contributed by atoms with E-state index in [0.717, 1.165) is 62.3 Å². The van der Waals surface area contributed by atoms with Crippen molar-refractivity contribution in [1.82, 2.24) is 35.0 Å². The number of hydrogen-bond acceptors (Lipinski definition) is 9. The minimum absolute atomic E-state index is 0.226. The van der Waals surface area contributed by atoms with E-state index >= 15 is 8.78 Å². The molecule has 4 N–H and O–H groups in total. The smallest absolute Gasteiger partial charge is 0.475 e. The Hall–Kier alpha value is -4.16. The number of aliphatic carboxylic acids is 1. The maximum atomic E-state index is 15.8. The number of imidazole rings is 1. The molecule has 1 aliphatic carbocycles. The molecule has 4 aliphatic heterocycles. The lowest BCUT2D eigenvalue weighted by molar-refractivity contribution is -0.192. The number of nitrogens with zero attached hydrogens (tertiary/aromatic N) is 6. The van der Waals surface area contributed by atoms with Crippen LogP contribution in [0.3, 0.4) is 0 Å². The molecule has 0 bridgehead atoms. The van der Waals surface area contributed by atoms with Crippen molar-refractivity contribution in [2.24, 2.45) is 5.41 Å². The molecule has 1 saturated carbocycles. The molecule has 294 valence electrons. The first-order valence-corrected chi connectivity index (χ1v) is 18.4. The van der Waals surface area contributed by atoms with Crippen LogP contribution in [-0.2, 0) is 17.8 Å². The van der Waals surface area contributed by atoms with Crippen LogP contribution in [0.5, 0.6) is 0 Å². The molecule has 1 aromatic carbocycles. The number of carboxylic acid groups (broad SMARTS) is 1. The zero-order valence-electron chi connectivity index (χ0n) is 29.9. The van der Waals surface area contributed by atoms with Gasteiger partial charge < -0.3 is 26.0 Å². The molecular weight excluding hydrogens is 720 g/mol. The van der Waals surface area contributed by atoms with Gasteiger partial charge >= 0.3 is 12.1 Å². The summed E-state index contributed by atoms with van der Waals surface area (Å²) in [6.07, 6.45) is 1.33. The van der Waals surface area contributed by atoms with Crippen LogP contribution in [-0.4, -0.2) is 125 Å². The number of rotatable bonds is 7. The molecule has 54 heavy (non-hydrogen) atoms. The van der Waals surface area contributed by atoms with Gasteiger partial charge in [-0.05, 0) is 87.3 Å². The molecule has 3 aromatic rings. The number of amides is 1. The number of carbonyl (C=O) groups is 2. The number of piperidine rings is 3. The molecule has 18 heteroatoms. The van der Waals surface area contributed by atoms with Crippen LogP contribution in [0.25, 0.3) is 5.65 Å². The second-order valence-electron chi connectivity index (χ2n) is 15.1. The maximum absolute atomic E-state index is 15.8. The summed E-state index contributed by atoms with van der Waals surface area (Å²) in [5.41, 5.74) is 4.99. The molecular formula is C36H45F6N9O3. The Balaban J connectivity index is 0.000000588. The van der Waals surface area contributed by atoms with E-state index in [1.165, 1.54) is 23.6 Å². The van der Waals surface area contributed by atoms with Gasteiger partial charge in [0.2, 0.25) is 0 Å². The van der Waals surface area contributed by atoms with Gasteiger partial charge in [-0.2, -0.15) is 13.2 Å². The van der Waals surface area contributed by atoms with E-state index in [0.29, 0.717) is 55.0 Å². The minimum atomic E-state index is -5.08. The second kappa shape index (κ2) is 14.8. The molecule has 12 nitrogen and oxygen atoms in total. The number of hydrogen-bond donors (Lipinski definition) is 4. The van der Waals surface area contributed by atoms with Crippen molar-refractivity contribution in [3.63, 3.8) is 0 Å². The lowest BCUT2D eigenvalue weighted by atomic mass is 9.71. The third kappa shape index (κ3) is 7.82. The van der Waals surface area contributed by atoms with E-state index in [1.807, 2.05) is 23.1 Å². The largest absolute Gasteiger partial charge is 0.490 e. The lowest BCUT2D eigenvalue weighted by Gasteiger charge is -2.50. The minimum Gasteiger partial charge on any atom is -0.475 e. The number of carboxylic acids is 1. The highest BCUT2D eigenvalue weighted by Crippen LogP contribution is 2.43. The summed E-state index contributed by atoms with van der Waals surface area (Å²) >= 11 is 0. The van der Waals surface area contributed by atoms with Crippen molar-refractivity contribution in [2.75, 3.05) is 63.1 Å². The van der Waals surface area contributed by atoms with Crippen molar-refractivity contribution in [3.8, 4) is 0 Å². The molecule has 1 unspecified atom stereocenters. The van der Waals surface area contributed by atoms with Crippen LogP contribution in [0.4, 0.5) is 43.5 Å². The normalized spacial score (nSPS) is 25.2. The molecule has 4 fully saturated rings. The number of nitrogens with one attached hydrogen (secondary N) is 3. The summed E-state index contributed by atoms with van der Waals surface area (Å²) in [5, 5.41) is 21.2. The zero-order chi connectivity index (χ0) is 38.4. The third-order valence-electron chi connectivity index (χ3n) is 11.6. The van der Waals surface area contributed by atoms with Crippen molar-refractivity contribution in [1.29, 1.82) is 0 Å². The fourth-order valence-corrected chi connectivity index (χ4v) is 8.47. The van der Waals surface area contributed by atoms with Crippen molar-refractivity contribution in [3.05, 3.63) is 47.3 Å². The predicted octanol–water partition coefficient (Wildman–Crippen LogP) is 4.61. The van der Waals surface area contributed by atoms with Gasteiger partial charge in [-0.25, -0.2) is 27.5 Å². The van der Waals surface area contributed by atoms with Crippen LogP contribution in [0, 0.1) is 5.41 Å². The third-order valence-corrected chi connectivity index (χ3v) is 11.6. The van der Waals surface area contributed by atoms with E-state index in [4.69, 9.17) is 15.0 Å². The first-order valence-electron chi connectivity index (χ1n) is 18.4. The zero-order valence-corrected chi connectivity index (χ0v) is 29.9. The quantitative estimate of drug-likeness (QED) is 0.253. The van der Waals surface area contributed by atoms with Gasteiger partial charge in [0.05, 0.1) is 30.5 Å². The van der Waals surface area contributed by atoms with Gasteiger partial charge in [0, 0.05) is 44.9 Å². The van der Waals surface area contributed by atoms with Gasteiger partial charge in [0.15, 0.2) is 17.2 Å². The molecule has 1 amide bonds. The number of anilines is 3. The fourth-order valence-electron chi connectivity index (χ4n) is 8.47. The predicted molar refractivity (Wildman–Crippen MR) is 188 cm³/mol. The average Bonchev–Trinajstić information content (AvgIpc) is 3.47. The van der Waals surface area contributed by atoms with Gasteiger partial charge in [0.1, 0.15) is 6.17 Å². The standard InChI is InChI=1S/C34H44F3N9O.C2HF3O2/c1-38-26-18-30(42-46-28(19-40-31(26)46)32(47)41-25-17-24(25)35)45-14-5-23-22(3-2-4-27(23)45)20-43-13-6-29(34(36,37)21-43)44-15-9-33(10-16-44)7-11-39-12-8-33;3-2(4,5)1(6)7/h2-4,18-19,24-25,29,38-39H,5-17,20-21H2,1H3,(H,41,47);(H,6,7)/t24-,25+,29?;/m0./s1. The Morgan fingerprint density at radius 1 is 1.07 bits per heavy atom. The van der Waals surface area contributed by atoms with E-state index < -0.39 is 42.2 Å². The number of benzene rings is 1. The number of alkyl halides is 6. The maximum Gasteiger partial charge on any atom is 0.490 e. The van der Waals surface area contributed by atoms with E-state index in [9.17, 15) is 22.4 Å². The number of aromatic nitrogens is 3. The van der Waals surface area contributed by atoms with Crippen molar-refractivity contribution in [2.45, 2.75) is 81.8 Å². The first-order chi connectivity index (χ1) is 25.7. The SMILES string of the molecule is CNc1cc(N2CCc3c(CN4CCC(N5CCC6(CCNCC6)CC5)C(F)(F)C4)cccc32)nn2c(C(=O)N[C@@H]3C[C@@H]3F)cnc12.O=C(O)C(F)(F)F. The Morgan fingerprint density at radius 3 is 2.41 bits per heavy atom. The number of fused-ring (bicyclic) bond motifs is 2. The molecule has 1 spiro atoms. The van der Waals surface area contributed by atoms with Crippen LogP contribution >= 0.6 is 0 Å². The highest BCUT2D eigenvalue weighted by atomic mass is 19.4. The summed E-state index contributed by atoms with van der Waals surface area (Å²) < 4.78 is 78.3. The Bertz CT molecular complexity index is 1860. The highest BCUT2D eigenvalue weighted by Gasteiger charge is 2.49. The van der Waals surface area contributed by atoms with Crippen molar-refractivity contribution >= 4 is 34.7 Å². The number of carbonyl (C=O) groups excluding carboxylic acids is 1. The Labute approximate surface area is 308 Å². The van der Waals surface area contributed by atoms with Gasteiger partial charge in [-0.1, -0.05) is 12.1 Å². The topological polar surface area (TPSA) is 130 Å². The molecule has 0 radical (unpaired) electrons. The molecule has 5 aliphatic rings. The average molecular weight is 766 g/mol. The van der Waals surface area contributed by atoms with Gasteiger partial charge in [0.25, 0.3) is 11.8 Å². The second-order valence-corrected chi connectivity index (χ2v) is 15.1. The van der Waals surface area contributed by atoms with Crippen LogP contribution in [0.2, 0.25) is 0 Å². The van der Waals surface area contributed by atoms with Crippen LogP contribution in [0.1, 0.15) is 60.1 Å². The first kappa shape index (κ1) is 38.1. The number of likely N-dealkylation sites (tertiary alicyclic amines) is 2. The lowest BCUT2D eigenvalue weighted by Crippen LogP contribution is -2.60. The van der Waals surface area contributed by atoms with Crippen LogP contribution in [0.15, 0.2) is 30.5 Å². The summed E-state index contributed by atoms with van der Waals surface area (Å²) in [5.74, 6) is -5.29. The van der Waals surface area contributed by atoms with E-state index in [1.54, 1.807) is 7.05 Å². The highest BCUT2D eigenvalue weighted by molar-refractivity contribution is 5.94. The molecule has 8 rings (SSSR count). The molecule has 6 heterocycles. The van der Waals surface area contributed by atoms with Gasteiger partial charge in [-0.15, -0.1) is 5.10 Å². The summed E-state index contributed by atoms with van der Waals surface area (Å²) in [6.45, 7) is 5.22. The summed E-state index contributed by atoms with van der Waals surface area (Å²) in [7, 11) is 1.79. The molecule has 3 saturated heterocycles.